The van der Waals surface area contributed by atoms with Crippen LogP contribution >= 0.6 is 0 Å². The summed E-state index contributed by atoms with van der Waals surface area (Å²) >= 11 is 0. The van der Waals surface area contributed by atoms with Crippen LogP contribution in [0.4, 0.5) is 20.2 Å². The third-order valence-corrected chi connectivity index (χ3v) is 4.07. The molecule has 26 heavy (non-hydrogen) atoms. The molecule has 5 nitrogen and oxygen atoms in total. The minimum Gasteiger partial charge on any atom is -0.350 e. The molecule has 3 rings (SSSR count). The maximum absolute atomic E-state index is 14.6. The van der Waals surface area contributed by atoms with Crippen LogP contribution in [0.5, 0.6) is 0 Å². The van der Waals surface area contributed by atoms with Gasteiger partial charge >= 0.3 is 0 Å². The number of amides is 1. The topological polar surface area (TPSA) is 74.2 Å². The molecule has 1 aliphatic carbocycles. The molecule has 1 fully saturated rings. The van der Waals surface area contributed by atoms with Gasteiger partial charge in [0.2, 0.25) is 0 Å². The van der Waals surface area contributed by atoms with Crippen molar-refractivity contribution >= 4 is 17.3 Å². The molecule has 1 amide bonds. The van der Waals surface area contributed by atoms with Crippen molar-refractivity contribution in [2.75, 3.05) is 11.9 Å². The van der Waals surface area contributed by atoms with Gasteiger partial charge in [0.1, 0.15) is 11.9 Å². The van der Waals surface area contributed by atoms with Crippen LogP contribution in [0.2, 0.25) is 0 Å². The molecular formula is C19H17F2N3O2. The molecule has 2 N–H and O–H groups in total. The minimum atomic E-state index is -0.928. The second-order valence-electron chi connectivity index (χ2n) is 6.26. The van der Waals surface area contributed by atoms with E-state index in [1.54, 1.807) is 19.1 Å². The van der Waals surface area contributed by atoms with Crippen molar-refractivity contribution in [3.05, 3.63) is 58.7 Å². The van der Waals surface area contributed by atoms with Crippen LogP contribution in [0.25, 0.3) is 0 Å². The molecular weight excluding hydrogens is 340 g/mol. The zero-order valence-corrected chi connectivity index (χ0v) is 14.1. The molecule has 0 radical (unpaired) electrons. The van der Waals surface area contributed by atoms with Crippen LogP contribution in [-0.2, 0) is 4.84 Å². The van der Waals surface area contributed by atoms with E-state index >= 15 is 0 Å². The number of hydrogen-bond donors (Lipinski definition) is 2. The third kappa shape index (κ3) is 3.98. The first-order valence-electron chi connectivity index (χ1n) is 8.17. The Morgan fingerprint density at radius 2 is 2.08 bits per heavy atom. The maximum Gasteiger partial charge on any atom is 0.277 e. The highest BCUT2D eigenvalue weighted by molar-refractivity contribution is 6.00. The summed E-state index contributed by atoms with van der Waals surface area (Å²) in [6.45, 7) is 2.11. The number of hydrogen-bond acceptors (Lipinski definition) is 4. The number of nitriles is 1. The average molecular weight is 357 g/mol. The quantitative estimate of drug-likeness (QED) is 0.768. The molecule has 0 aliphatic heterocycles. The van der Waals surface area contributed by atoms with Crippen molar-refractivity contribution in [2.24, 2.45) is 5.92 Å². The van der Waals surface area contributed by atoms with Gasteiger partial charge in [0.05, 0.1) is 29.1 Å². The second kappa shape index (κ2) is 7.50. The fourth-order valence-electron chi connectivity index (χ4n) is 2.39. The molecule has 2 aromatic carbocycles. The van der Waals surface area contributed by atoms with Gasteiger partial charge in [0.15, 0.2) is 5.82 Å². The molecule has 1 aliphatic rings. The lowest BCUT2D eigenvalue weighted by Crippen LogP contribution is -2.26. The van der Waals surface area contributed by atoms with Crippen molar-refractivity contribution in [2.45, 2.75) is 19.8 Å². The van der Waals surface area contributed by atoms with Crippen molar-refractivity contribution in [3.63, 3.8) is 0 Å². The van der Waals surface area contributed by atoms with Gasteiger partial charge in [-0.25, -0.2) is 14.3 Å². The van der Waals surface area contributed by atoms with Crippen LogP contribution in [0.3, 0.4) is 0 Å². The molecule has 0 atom stereocenters. The Balaban J connectivity index is 1.89. The fraction of sp³-hybridized carbons (Fsp3) is 0.263. The third-order valence-electron chi connectivity index (χ3n) is 4.07. The highest BCUT2D eigenvalue weighted by Gasteiger charge is 2.23. The minimum absolute atomic E-state index is 0.00228. The summed E-state index contributed by atoms with van der Waals surface area (Å²) in [6, 6.07) is 8.57. The number of nitrogens with zero attached hydrogens (tertiary/aromatic N) is 1. The summed E-state index contributed by atoms with van der Waals surface area (Å²) in [4.78, 5) is 17.5. The van der Waals surface area contributed by atoms with E-state index in [-0.39, 0.29) is 22.5 Å². The first-order chi connectivity index (χ1) is 12.5. The number of carbonyl (C=O) groups excluding carboxylic acids is 1. The number of carbonyl (C=O) groups is 1. The second-order valence-corrected chi connectivity index (χ2v) is 6.26. The van der Waals surface area contributed by atoms with E-state index in [2.05, 4.69) is 10.8 Å². The molecule has 1 saturated carbocycles. The Hall–Kier alpha value is -2.98. The molecule has 0 bridgehead atoms. The lowest BCUT2D eigenvalue weighted by atomic mass is 10.1. The number of aryl methyl sites for hydroxylation is 1. The molecule has 0 spiro atoms. The molecule has 0 aromatic heterocycles. The Kier molecular flexibility index (Phi) is 5.14. The van der Waals surface area contributed by atoms with Crippen molar-refractivity contribution in [1.82, 2.24) is 5.48 Å². The molecule has 0 saturated heterocycles. The number of benzene rings is 2. The standard InChI is InChI=1S/C19H17F2N3O2/c1-11-2-7-16(15(20)8-11)23-18-14(6-5-13(9-22)17(18)21)19(25)24-26-10-12-3-4-12/h2,5-8,12,23H,3-4,10H2,1H3,(H,24,25). The van der Waals surface area contributed by atoms with Gasteiger partial charge in [-0.2, -0.15) is 5.26 Å². The summed E-state index contributed by atoms with van der Waals surface area (Å²) in [6.07, 6.45) is 2.11. The monoisotopic (exact) mass is 357 g/mol. The first-order valence-corrected chi connectivity index (χ1v) is 8.17. The van der Waals surface area contributed by atoms with Crippen LogP contribution in [-0.4, -0.2) is 12.5 Å². The first kappa shape index (κ1) is 17.8. The fourth-order valence-corrected chi connectivity index (χ4v) is 2.39. The van der Waals surface area contributed by atoms with E-state index in [1.807, 2.05) is 0 Å². The van der Waals surface area contributed by atoms with E-state index in [1.165, 1.54) is 24.3 Å². The van der Waals surface area contributed by atoms with Gasteiger partial charge in [-0.3, -0.25) is 9.63 Å². The van der Waals surface area contributed by atoms with Gasteiger partial charge in [-0.1, -0.05) is 6.07 Å². The summed E-state index contributed by atoms with van der Waals surface area (Å²) in [5.74, 6) is -1.76. The normalized spacial score (nSPS) is 13.2. The van der Waals surface area contributed by atoms with Gasteiger partial charge < -0.3 is 5.32 Å². The number of nitrogens with one attached hydrogen (secondary N) is 2. The van der Waals surface area contributed by atoms with Crippen LogP contribution < -0.4 is 10.8 Å². The SMILES string of the molecule is Cc1ccc(Nc2c(C(=O)NOCC3CC3)ccc(C#N)c2F)c(F)c1. The van der Waals surface area contributed by atoms with Crippen molar-refractivity contribution in [1.29, 1.82) is 5.26 Å². The molecule has 2 aromatic rings. The summed E-state index contributed by atoms with van der Waals surface area (Å²) in [5.41, 5.74) is 2.34. The predicted octanol–water partition coefficient (Wildman–Crippen LogP) is 3.96. The zero-order chi connectivity index (χ0) is 18.7. The highest BCUT2D eigenvalue weighted by atomic mass is 19.1. The molecule has 7 heteroatoms. The van der Waals surface area contributed by atoms with Gasteiger partial charge in [-0.05, 0) is 55.5 Å². The smallest absolute Gasteiger partial charge is 0.277 e. The van der Waals surface area contributed by atoms with E-state index in [0.717, 1.165) is 12.8 Å². The van der Waals surface area contributed by atoms with E-state index in [0.29, 0.717) is 18.1 Å². The van der Waals surface area contributed by atoms with Gasteiger partial charge in [-0.15, -0.1) is 0 Å². The van der Waals surface area contributed by atoms with Crippen LogP contribution in [0.1, 0.15) is 34.3 Å². The van der Waals surface area contributed by atoms with E-state index in [9.17, 15) is 13.6 Å². The Morgan fingerprint density at radius 1 is 1.31 bits per heavy atom. The Bertz CT molecular complexity index is 889. The average Bonchev–Trinajstić information content (AvgIpc) is 3.43. The largest absolute Gasteiger partial charge is 0.350 e. The Morgan fingerprint density at radius 3 is 2.73 bits per heavy atom. The van der Waals surface area contributed by atoms with Crippen LogP contribution in [0.15, 0.2) is 30.3 Å². The maximum atomic E-state index is 14.6. The van der Waals surface area contributed by atoms with Gasteiger partial charge in [0, 0.05) is 0 Å². The van der Waals surface area contributed by atoms with Crippen molar-refractivity contribution in [3.8, 4) is 6.07 Å². The van der Waals surface area contributed by atoms with E-state index in [4.69, 9.17) is 10.1 Å². The summed E-state index contributed by atoms with van der Waals surface area (Å²) < 4.78 is 28.7. The highest BCUT2D eigenvalue weighted by Crippen LogP contribution is 2.30. The van der Waals surface area contributed by atoms with Gasteiger partial charge in [0.25, 0.3) is 5.91 Å². The zero-order valence-electron chi connectivity index (χ0n) is 14.1. The molecule has 0 heterocycles. The predicted molar refractivity (Wildman–Crippen MR) is 91.7 cm³/mol. The molecule has 134 valence electrons. The lowest BCUT2D eigenvalue weighted by molar-refractivity contribution is 0.0271. The summed E-state index contributed by atoms with van der Waals surface area (Å²) in [7, 11) is 0. The number of halogens is 2. The lowest BCUT2D eigenvalue weighted by Gasteiger charge is -2.15. The van der Waals surface area contributed by atoms with Crippen LogP contribution in [0, 0.1) is 35.8 Å². The van der Waals surface area contributed by atoms with E-state index < -0.39 is 17.5 Å². The summed E-state index contributed by atoms with van der Waals surface area (Å²) in [5, 5.41) is 11.6. The number of rotatable bonds is 6. The number of anilines is 2. The number of hydroxylamine groups is 1. The Labute approximate surface area is 149 Å². The molecule has 0 unspecified atom stereocenters. The van der Waals surface area contributed by atoms with Crippen molar-refractivity contribution < 1.29 is 18.4 Å².